The van der Waals surface area contributed by atoms with Crippen LogP contribution in [0.3, 0.4) is 0 Å². The molecule has 5 rings (SSSR count). The Hall–Kier alpha value is -3.48. The second-order valence-electron chi connectivity index (χ2n) is 7.19. The molecule has 0 fully saturated rings. The molecule has 8 bridgehead atoms. The third-order valence-corrected chi connectivity index (χ3v) is 4.99. The molecule has 2 N–H and O–H groups in total. The third-order valence-electron chi connectivity index (χ3n) is 4.99. The molecule has 0 aromatic rings. The molecule has 0 saturated heterocycles. The van der Waals surface area contributed by atoms with Crippen molar-refractivity contribution in [2.24, 2.45) is 20.0 Å². The number of aliphatic hydroxyl groups is 2. The third kappa shape index (κ3) is 3.70. The molecule has 0 aromatic carbocycles. The second kappa shape index (κ2) is 7.74. The van der Waals surface area contributed by atoms with Crippen LogP contribution in [0, 0.1) is 0 Å². The summed E-state index contributed by atoms with van der Waals surface area (Å²) in [6.45, 7) is -0.0514. The van der Waals surface area contributed by atoms with Crippen molar-refractivity contribution in [1.29, 1.82) is 0 Å². The standard InChI is InChI=1S/C24H20N4O2/c29-7-5-15-9-21-12-19-2-1-17(25-19)11-18-3-4-20(26-18)13-23-16(6-8-30)10-22(28-23)14-24(15)27-21/h1-4,9-14,29-30H,5-8H2/i9D. The van der Waals surface area contributed by atoms with Crippen molar-refractivity contribution in [1.82, 2.24) is 0 Å². The molecule has 0 amide bonds. The van der Waals surface area contributed by atoms with Crippen molar-refractivity contribution in [2.45, 2.75) is 12.8 Å². The Bertz CT molecular complexity index is 1240. The number of allylic oxidation sites excluding steroid dienone is 10. The lowest BCUT2D eigenvalue weighted by atomic mass is 10.1. The predicted octanol–water partition coefficient (Wildman–Crippen LogP) is 3.08. The molecule has 148 valence electrons. The minimum atomic E-state index is -0.0699. The summed E-state index contributed by atoms with van der Waals surface area (Å²) in [7, 11) is 0. The van der Waals surface area contributed by atoms with Crippen LogP contribution in [0.2, 0.25) is 0 Å². The van der Waals surface area contributed by atoms with E-state index in [1.54, 1.807) is 6.08 Å². The zero-order chi connectivity index (χ0) is 21.4. The molecule has 0 aromatic heterocycles. The molecule has 5 aliphatic heterocycles. The maximum absolute atomic E-state index is 9.50. The number of aliphatic imine (C=N–C) groups is 4. The molecule has 5 heterocycles. The molecule has 0 spiro atoms. The van der Waals surface area contributed by atoms with E-state index in [4.69, 9.17) is 6.36 Å². The fourth-order valence-electron chi connectivity index (χ4n) is 3.63. The lowest BCUT2D eigenvalue weighted by Crippen LogP contribution is -1.99. The summed E-state index contributed by atoms with van der Waals surface area (Å²) in [6, 6.07) is 0.286. The number of hydrogen-bond acceptors (Lipinski definition) is 6. The molecule has 6 nitrogen and oxygen atoms in total. The van der Waals surface area contributed by atoms with Gasteiger partial charge < -0.3 is 10.2 Å². The first kappa shape index (κ1) is 17.4. The largest absolute Gasteiger partial charge is 0.396 e. The van der Waals surface area contributed by atoms with Crippen molar-refractivity contribution in [2.75, 3.05) is 13.2 Å². The van der Waals surface area contributed by atoms with E-state index in [9.17, 15) is 10.2 Å². The van der Waals surface area contributed by atoms with Gasteiger partial charge in [-0.2, -0.15) is 0 Å². The Balaban J connectivity index is 1.68. The van der Waals surface area contributed by atoms with Gasteiger partial charge in [-0.3, -0.25) is 0 Å². The molecule has 6 heteroatoms. The van der Waals surface area contributed by atoms with E-state index in [-0.39, 0.29) is 19.3 Å². The van der Waals surface area contributed by atoms with E-state index >= 15 is 0 Å². The molecule has 0 aliphatic carbocycles. The summed E-state index contributed by atoms with van der Waals surface area (Å²) < 4.78 is 8.55. The lowest BCUT2D eigenvalue weighted by molar-refractivity contribution is 0.300. The summed E-state index contributed by atoms with van der Waals surface area (Å²) in [5.74, 6) is 0. The monoisotopic (exact) mass is 397 g/mol. The Morgan fingerprint density at radius 2 is 1.17 bits per heavy atom. The zero-order valence-corrected chi connectivity index (χ0v) is 16.2. The average Bonchev–Trinajstić information content (AvgIpc) is 3.50. The summed E-state index contributed by atoms with van der Waals surface area (Å²) in [6.07, 6.45) is 17.8. The Morgan fingerprint density at radius 1 is 0.600 bits per heavy atom. The van der Waals surface area contributed by atoms with Crippen molar-refractivity contribution in [3.63, 3.8) is 0 Å². The number of nitrogens with zero attached hydrogens (tertiary/aromatic N) is 4. The fourth-order valence-corrected chi connectivity index (χ4v) is 3.63. The minimum absolute atomic E-state index is 0.0184. The fraction of sp³-hybridized carbons (Fsp3) is 0.167. The maximum Gasteiger partial charge on any atom is 0.0692 e. The van der Waals surface area contributed by atoms with Crippen molar-refractivity contribution >= 4 is 22.8 Å². The van der Waals surface area contributed by atoms with Crippen LogP contribution in [-0.2, 0) is 0 Å². The first-order valence-electron chi connectivity index (χ1n) is 10.3. The number of hydrogen-bond donors (Lipinski definition) is 2. The van der Waals surface area contributed by atoms with E-state index in [0.29, 0.717) is 41.2 Å². The first-order chi connectivity index (χ1) is 15.1. The highest BCUT2D eigenvalue weighted by Gasteiger charge is 2.19. The van der Waals surface area contributed by atoms with Crippen molar-refractivity contribution < 1.29 is 11.6 Å². The van der Waals surface area contributed by atoms with Gasteiger partial charge in [0.15, 0.2) is 0 Å². The maximum atomic E-state index is 9.50. The number of rotatable bonds is 4. The predicted molar refractivity (Wildman–Crippen MR) is 120 cm³/mol. The van der Waals surface area contributed by atoms with E-state index in [0.717, 1.165) is 28.4 Å². The smallest absolute Gasteiger partial charge is 0.0692 e. The first-order valence-corrected chi connectivity index (χ1v) is 9.84. The van der Waals surface area contributed by atoms with Gasteiger partial charge in [0.1, 0.15) is 0 Å². The summed E-state index contributed by atoms with van der Waals surface area (Å²) in [4.78, 5) is 18.6. The molecule has 0 unspecified atom stereocenters. The Labute approximate surface area is 175 Å². The lowest BCUT2D eigenvalue weighted by Gasteiger charge is -2.00. The van der Waals surface area contributed by atoms with Crippen LogP contribution >= 0.6 is 0 Å². The quantitative estimate of drug-likeness (QED) is 0.763. The summed E-state index contributed by atoms with van der Waals surface area (Å²) in [5.41, 5.74) is 7.22. The van der Waals surface area contributed by atoms with Crippen LogP contribution < -0.4 is 0 Å². The molecule has 0 radical (unpaired) electrons. The van der Waals surface area contributed by atoms with Crippen LogP contribution in [0.4, 0.5) is 0 Å². The van der Waals surface area contributed by atoms with Crippen molar-refractivity contribution in [3.8, 4) is 0 Å². The zero-order valence-electron chi connectivity index (χ0n) is 17.2. The van der Waals surface area contributed by atoms with Crippen LogP contribution in [0.15, 0.2) is 115 Å². The SMILES string of the molecule is [2H]C1=C(CCO)C2=NC1=CC1=NC(=CC3=NC(=CC4=NC(=C2)C=C4CCO)C=C3)C=C1. The van der Waals surface area contributed by atoms with Gasteiger partial charge in [-0.1, -0.05) is 0 Å². The van der Waals surface area contributed by atoms with Gasteiger partial charge in [0.2, 0.25) is 0 Å². The average molecular weight is 397 g/mol. The number of aliphatic hydroxyl groups excluding tert-OH is 2. The molecule has 0 atom stereocenters. The highest BCUT2D eigenvalue weighted by Crippen LogP contribution is 2.27. The van der Waals surface area contributed by atoms with E-state index in [1.807, 2.05) is 48.6 Å². The normalized spacial score (nSPS) is 22.1. The molecular formula is C24H20N4O2. The Kier molecular flexibility index (Phi) is 4.49. The topological polar surface area (TPSA) is 89.9 Å². The van der Waals surface area contributed by atoms with Gasteiger partial charge in [0, 0.05) is 13.2 Å². The molecule has 0 saturated carbocycles. The van der Waals surface area contributed by atoms with Crippen molar-refractivity contribution in [3.05, 3.63) is 94.7 Å². The second-order valence-corrected chi connectivity index (χ2v) is 7.19. The summed E-state index contributed by atoms with van der Waals surface area (Å²) in [5, 5.41) is 19.0. The van der Waals surface area contributed by atoms with Crippen LogP contribution in [0.5, 0.6) is 0 Å². The molecular weight excluding hydrogens is 376 g/mol. The number of fused-ring (bicyclic) bond motifs is 4. The van der Waals surface area contributed by atoms with Gasteiger partial charge in [-0.05, 0) is 84.7 Å². The Morgan fingerprint density at radius 3 is 1.90 bits per heavy atom. The van der Waals surface area contributed by atoms with Gasteiger partial charge in [-0.25, -0.2) is 20.0 Å². The van der Waals surface area contributed by atoms with Crippen LogP contribution in [0.1, 0.15) is 14.2 Å². The van der Waals surface area contributed by atoms with Gasteiger partial charge in [0.05, 0.1) is 47.0 Å². The molecule has 30 heavy (non-hydrogen) atoms. The van der Waals surface area contributed by atoms with Gasteiger partial charge in [-0.15, -0.1) is 0 Å². The highest BCUT2D eigenvalue weighted by atomic mass is 16.3. The van der Waals surface area contributed by atoms with Crippen LogP contribution in [-0.4, -0.2) is 46.3 Å². The van der Waals surface area contributed by atoms with E-state index in [2.05, 4.69) is 15.0 Å². The highest BCUT2D eigenvalue weighted by molar-refractivity contribution is 6.17. The molecule has 5 aliphatic rings. The van der Waals surface area contributed by atoms with E-state index < -0.39 is 0 Å². The van der Waals surface area contributed by atoms with Gasteiger partial charge >= 0.3 is 0 Å². The minimum Gasteiger partial charge on any atom is -0.396 e. The van der Waals surface area contributed by atoms with Crippen LogP contribution in [0.25, 0.3) is 0 Å². The summed E-state index contributed by atoms with van der Waals surface area (Å²) >= 11 is 0. The van der Waals surface area contributed by atoms with E-state index in [1.165, 1.54) is 0 Å². The van der Waals surface area contributed by atoms with Gasteiger partial charge in [0.25, 0.3) is 0 Å².